The molecule has 0 atom stereocenters. The molecule has 0 amide bonds. The molecule has 0 saturated heterocycles. The maximum atomic E-state index is 11.2. The number of nitriles is 1. The van der Waals surface area contributed by atoms with Gasteiger partial charge in [0.1, 0.15) is 11.6 Å². The molecule has 5 aromatic carbocycles. The number of para-hydroxylation sites is 2. The Morgan fingerprint density at radius 2 is 1.07 bits per heavy atom. The number of carboxylic acid groups (broad SMARTS) is 1. The lowest BCUT2D eigenvalue weighted by Crippen LogP contribution is -2.09. The molecule has 1 N–H and O–H groups in total. The molecule has 196 valence electrons. The SMILES string of the molecule is N#C/C(=C\c1ccc(-c2sc(-c3ccc(N(c4ccccc4)c4ccccc4)cc3)c3ccccc23)cc1)C(=O)O. The number of nitrogens with zero attached hydrogens (tertiary/aromatic N) is 2. The van der Waals surface area contributed by atoms with Gasteiger partial charge in [0.05, 0.1) is 0 Å². The molecule has 0 aliphatic heterocycles. The fraction of sp³-hybridized carbons (Fsp3) is 0. The number of fused-ring (bicyclic) bond motifs is 1. The maximum Gasteiger partial charge on any atom is 0.346 e. The van der Waals surface area contributed by atoms with Crippen molar-refractivity contribution >= 4 is 51.2 Å². The minimum absolute atomic E-state index is 0.289. The van der Waals surface area contributed by atoms with Crippen molar-refractivity contribution in [1.82, 2.24) is 0 Å². The van der Waals surface area contributed by atoms with E-state index in [9.17, 15) is 4.79 Å². The highest BCUT2D eigenvalue weighted by Gasteiger charge is 2.16. The van der Waals surface area contributed by atoms with E-state index in [1.165, 1.54) is 21.7 Å². The van der Waals surface area contributed by atoms with Gasteiger partial charge in [-0.25, -0.2) is 4.79 Å². The van der Waals surface area contributed by atoms with E-state index in [1.54, 1.807) is 17.4 Å². The van der Waals surface area contributed by atoms with Crippen LogP contribution in [-0.4, -0.2) is 11.1 Å². The highest BCUT2D eigenvalue weighted by molar-refractivity contribution is 7.21. The van der Waals surface area contributed by atoms with Crippen LogP contribution >= 0.6 is 11.3 Å². The number of benzene rings is 5. The Hall–Kier alpha value is -5.44. The lowest BCUT2D eigenvalue weighted by molar-refractivity contribution is -0.132. The van der Waals surface area contributed by atoms with Crippen molar-refractivity contribution in [1.29, 1.82) is 5.26 Å². The molecule has 0 aliphatic carbocycles. The van der Waals surface area contributed by atoms with Gasteiger partial charge in [0.2, 0.25) is 0 Å². The van der Waals surface area contributed by atoms with Crippen LogP contribution in [0.3, 0.4) is 0 Å². The molecule has 6 rings (SSSR count). The fourth-order valence-electron chi connectivity index (χ4n) is 4.92. The largest absolute Gasteiger partial charge is 0.477 e. The minimum Gasteiger partial charge on any atom is -0.477 e. The first kappa shape index (κ1) is 25.8. The van der Waals surface area contributed by atoms with Crippen molar-refractivity contribution in [3.63, 3.8) is 0 Å². The average Bonchev–Trinajstić information content (AvgIpc) is 3.41. The Kier molecular flexibility index (Phi) is 7.15. The highest BCUT2D eigenvalue weighted by atomic mass is 32.1. The van der Waals surface area contributed by atoms with E-state index in [1.807, 2.05) is 42.5 Å². The van der Waals surface area contributed by atoms with Gasteiger partial charge in [-0.15, -0.1) is 11.3 Å². The third-order valence-electron chi connectivity index (χ3n) is 6.87. The first-order valence-corrected chi connectivity index (χ1v) is 13.9. The molecule has 5 heteroatoms. The number of thiophene rings is 1. The summed E-state index contributed by atoms with van der Waals surface area (Å²) in [5.41, 5.74) is 5.84. The molecular weight excluding hydrogens is 524 g/mol. The van der Waals surface area contributed by atoms with Crippen LogP contribution in [0, 0.1) is 11.3 Å². The standard InChI is InChI=1S/C36H24N2O2S/c37-24-28(36(39)40)23-25-15-17-26(18-16-25)34-32-13-7-8-14-33(32)35(41-34)27-19-21-31(22-20-27)38(29-9-3-1-4-10-29)30-11-5-2-6-12-30/h1-23H,(H,39,40)/b28-23+. The topological polar surface area (TPSA) is 64.3 Å². The van der Waals surface area contributed by atoms with Crippen molar-refractivity contribution in [2.45, 2.75) is 0 Å². The summed E-state index contributed by atoms with van der Waals surface area (Å²) >= 11 is 1.74. The predicted octanol–water partition coefficient (Wildman–Crippen LogP) is 9.70. The van der Waals surface area contributed by atoms with Crippen LogP contribution in [0.15, 0.2) is 139 Å². The molecule has 1 heterocycles. The van der Waals surface area contributed by atoms with E-state index in [-0.39, 0.29) is 5.57 Å². The number of rotatable bonds is 7. The lowest BCUT2D eigenvalue weighted by atomic mass is 10.0. The highest BCUT2D eigenvalue weighted by Crippen LogP contribution is 2.45. The summed E-state index contributed by atoms with van der Waals surface area (Å²) < 4.78 is 0. The monoisotopic (exact) mass is 548 g/mol. The number of aliphatic carboxylic acids is 1. The van der Waals surface area contributed by atoms with Gasteiger partial charge in [-0.3, -0.25) is 0 Å². The molecule has 0 radical (unpaired) electrons. The number of hydrogen-bond acceptors (Lipinski definition) is 4. The van der Waals surface area contributed by atoms with Crippen LogP contribution in [0.2, 0.25) is 0 Å². The fourth-order valence-corrected chi connectivity index (χ4v) is 6.21. The molecular formula is C36H24N2O2S. The van der Waals surface area contributed by atoms with Crippen molar-refractivity contribution in [2.24, 2.45) is 0 Å². The van der Waals surface area contributed by atoms with Crippen molar-refractivity contribution in [3.8, 4) is 27.0 Å². The number of hydrogen-bond donors (Lipinski definition) is 1. The molecule has 1 aromatic heterocycles. The quantitative estimate of drug-likeness (QED) is 0.159. The van der Waals surface area contributed by atoms with Gasteiger partial charge in [-0.05, 0) is 59.2 Å². The van der Waals surface area contributed by atoms with Crippen LogP contribution in [0.5, 0.6) is 0 Å². The summed E-state index contributed by atoms with van der Waals surface area (Å²) in [5.74, 6) is -1.23. The number of carbonyl (C=O) groups is 1. The predicted molar refractivity (Wildman–Crippen MR) is 169 cm³/mol. The Labute approximate surface area is 242 Å². The van der Waals surface area contributed by atoms with Crippen molar-refractivity contribution in [3.05, 3.63) is 145 Å². The van der Waals surface area contributed by atoms with Gasteiger partial charge in [-0.1, -0.05) is 97.1 Å². The minimum atomic E-state index is -1.23. The second-order valence-corrected chi connectivity index (χ2v) is 10.5. The summed E-state index contributed by atoms with van der Waals surface area (Å²) in [6.07, 6.45) is 1.39. The van der Waals surface area contributed by atoms with Gasteiger partial charge >= 0.3 is 5.97 Å². The molecule has 0 spiro atoms. The van der Waals surface area contributed by atoms with E-state index < -0.39 is 5.97 Å². The summed E-state index contributed by atoms with van der Waals surface area (Å²) in [6, 6.07) is 47.2. The van der Waals surface area contributed by atoms with Gasteiger partial charge in [0.15, 0.2) is 0 Å². The third-order valence-corrected chi connectivity index (χ3v) is 8.19. The first-order valence-electron chi connectivity index (χ1n) is 13.1. The second kappa shape index (κ2) is 11.4. The summed E-state index contributed by atoms with van der Waals surface area (Å²) in [6.45, 7) is 0. The lowest BCUT2D eigenvalue weighted by Gasteiger charge is -2.25. The zero-order chi connectivity index (χ0) is 28.2. The molecule has 6 aromatic rings. The number of carboxylic acids is 1. The van der Waals surface area contributed by atoms with Crippen LogP contribution in [0.25, 0.3) is 37.7 Å². The van der Waals surface area contributed by atoms with E-state index in [0.717, 1.165) is 33.1 Å². The molecule has 0 bridgehead atoms. The first-order chi connectivity index (χ1) is 20.1. The smallest absolute Gasteiger partial charge is 0.346 e. The molecule has 0 saturated carbocycles. The average molecular weight is 549 g/mol. The van der Waals surface area contributed by atoms with Crippen LogP contribution in [0.1, 0.15) is 5.56 Å². The maximum absolute atomic E-state index is 11.2. The molecule has 41 heavy (non-hydrogen) atoms. The molecule has 0 fully saturated rings. The molecule has 0 unspecified atom stereocenters. The zero-order valence-electron chi connectivity index (χ0n) is 21.9. The van der Waals surface area contributed by atoms with E-state index in [2.05, 4.69) is 95.9 Å². The van der Waals surface area contributed by atoms with E-state index >= 15 is 0 Å². The Morgan fingerprint density at radius 1 is 0.634 bits per heavy atom. The summed E-state index contributed by atoms with van der Waals surface area (Å²) in [7, 11) is 0. The van der Waals surface area contributed by atoms with E-state index in [0.29, 0.717) is 5.56 Å². The third kappa shape index (κ3) is 5.25. The summed E-state index contributed by atoms with van der Waals surface area (Å²) in [5, 5.41) is 20.6. The van der Waals surface area contributed by atoms with Crippen molar-refractivity contribution < 1.29 is 9.90 Å². The second-order valence-electron chi connectivity index (χ2n) is 9.46. The van der Waals surface area contributed by atoms with Gasteiger partial charge in [0, 0.05) is 37.6 Å². The summed E-state index contributed by atoms with van der Waals surface area (Å²) in [4.78, 5) is 15.8. The zero-order valence-corrected chi connectivity index (χ0v) is 22.8. The van der Waals surface area contributed by atoms with Gasteiger partial charge < -0.3 is 10.0 Å². The Balaban J connectivity index is 1.38. The van der Waals surface area contributed by atoms with Crippen LogP contribution in [-0.2, 0) is 4.79 Å². The van der Waals surface area contributed by atoms with Crippen LogP contribution in [0.4, 0.5) is 17.1 Å². The van der Waals surface area contributed by atoms with E-state index in [4.69, 9.17) is 10.4 Å². The van der Waals surface area contributed by atoms with Gasteiger partial charge in [0.25, 0.3) is 0 Å². The van der Waals surface area contributed by atoms with Crippen molar-refractivity contribution in [2.75, 3.05) is 4.90 Å². The Morgan fingerprint density at radius 3 is 1.54 bits per heavy atom. The normalized spacial score (nSPS) is 11.2. The molecule has 4 nitrogen and oxygen atoms in total. The number of anilines is 3. The van der Waals surface area contributed by atoms with Gasteiger partial charge in [-0.2, -0.15) is 5.26 Å². The Bertz CT molecular complexity index is 1860. The van der Waals surface area contributed by atoms with Crippen LogP contribution < -0.4 is 4.90 Å². The molecule has 0 aliphatic rings.